The Morgan fingerprint density at radius 2 is 2.06 bits per heavy atom. The Bertz CT molecular complexity index is 373. The van der Waals surface area contributed by atoms with Gasteiger partial charge in [-0.15, -0.1) is 0 Å². The van der Waals surface area contributed by atoms with Gasteiger partial charge in [0.05, 0.1) is 0 Å². The second-order valence-electron chi connectivity index (χ2n) is 4.56. The summed E-state index contributed by atoms with van der Waals surface area (Å²) in [5.74, 6) is 0.0962. The van der Waals surface area contributed by atoms with Gasteiger partial charge in [-0.1, -0.05) is 30.3 Å². The number of carbonyl (C=O) groups excluding carboxylic acids is 1. The number of benzene rings is 1. The quantitative estimate of drug-likeness (QED) is 0.780. The molecule has 1 saturated carbocycles. The van der Waals surface area contributed by atoms with Crippen LogP contribution in [0, 0.1) is 0 Å². The Hall–Kier alpha value is -1.35. The van der Waals surface area contributed by atoms with Crippen LogP contribution in [0.3, 0.4) is 0 Å². The normalized spacial score (nSPS) is 16.6. The number of hydrogen-bond donors (Lipinski definition) is 0. The van der Waals surface area contributed by atoms with Gasteiger partial charge in [-0.2, -0.15) is 0 Å². The summed E-state index contributed by atoms with van der Waals surface area (Å²) in [5, 5.41) is 0. The number of rotatable bonds is 5. The van der Waals surface area contributed by atoms with Gasteiger partial charge in [-0.05, 0) is 25.3 Å². The minimum atomic E-state index is -0.348. The molecule has 1 aromatic carbocycles. The first-order chi connectivity index (χ1) is 8.22. The van der Waals surface area contributed by atoms with Crippen LogP contribution in [0.2, 0.25) is 0 Å². The van der Waals surface area contributed by atoms with Gasteiger partial charge in [-0.3, -0.25) is 4.79 Å². The number of ether oxygens (including phenoxy) is 1. The maximum absolute atomic E-state index is 12.2. The van der Waals surface area contributed by atoms with Gasteiger partial charge in [0.25, 0.3) is 5.91 Å². The molecule has 1 aliphatic carbocycles. The van der Waals surface area contributed by atoms with E-state index in [9.17, 15) is 4.79 Å². The van der Waals surface area contributed by atoms with Crippen molar-refractivity contribution in [3.05, 3.63) is 35.9 Å². The van der Waals surface area contributed by atoms with Gasteiger partial charge in [0, 0.05) is 19.7 Å². The zero-order valence-electron chi connectivity index (χ0n) is 10.4. The summed E-state index contributed by atoms with van der Waals surface area (Å²) in [5.41, 5.74) is 1.18. The molecule has 1 aliphatic rings. The van der Waals surface area contributed by atoms with Crippen LogP contribution in [-0.2, 0) is 16.1 Å². The van der Waals surface area contributed by atoms with Crippen LogP contribution in [0.5, 0.6) is 0 Å². The summed E-state index contributed by atoms with van der Waals surface area (Å²) in [6, 6.07) is 10.5. The van der Waals surface area contributed by atoms with Crippen molar-refractivity contribution in [2.75, 3.05) is 7.11 Å². The van der Waals surface area contributed by atoms with Crippen molar-refractivity contribution in [2.45, 2.75) is 38.5 Å². The van der Waals surface area contributed by atoms with Crippen molar-refractivity contribution in [3.63, 3.8) is 0 Å². The SMILES string of the molecule is COC(C)C(=O)N(Cc1ccccc1)C1CC1. The summed E-state index contributed by atoms with van der Waals surface area (Å²) in [6.45, 7) is 2.50. The summed E-state index contributed by atoms with van der Waals surface area (Å²) in [7, 11) is 1.58. The molecule has 0 bridgehead atoms. The third-order valence-corrected chi connectivity index (χ3v) is 3.17. The zero-order chi connectivity index (χ0) is 12.3. The molecule has 3 nitrogen and oxygen atoms in total. The van der Waals surface area contributed by atoms with Crippen molar-refractivity contribution < 1.29 is 9.53 Å². The zero-order valence-corrected chi connectivity index (χ0v) is 10.4. The molecule has 1 unspecified atom stereocenters. The van der Waals surface area contributed by atoms with Crippen LogP contribution in [0.15, 0.2) is 30.3 Å². The van der Waals surface area contributed by atoms with E-state index in [0.29, 0.717) is 12.6 Å². The Morgan fingerprint density at radius 3 is 2.59 bits per heavy atom. The summed E-state index contributed by atoms with van der Waals surface area (Å²) >= 11 is 0. The highest BCUT2D eigenvalue weighted by molar-refractivity contribution is 5.81. The highest BCUT2D eigenvalue weighted by atomic mass is 16.5. The fourth-order valence-corrected chi connectivity index (χ4v) is 1.89. The van der Waals surface area contributed by atoms with Gasteiger partial charge in [-0.25, -0.2) is 0 Å². The molecule has 0 radical (unpaired) electrons. The van der Waals surface area contributed by atoms with Crippen LogP contribution in [0.4, 0.5) is 0 Å². The van der Waals surface area contributed by atoms with E-state index >= 15 is 0 Å². The molecule has 1 fully saturated rings. The van der Waals surface area contributed by atoms with E-state index in [1.165, 1.54) is 5.56 Å². The second kappa shape index (κ2) is 5.32. The lowest BCUT2D eigenvalue weighted by Crippen LogP contribution is -2.39. The predicted molar refractivity (Wildman–Crippen MR) is 66.5 cm³/mol. The highest BCUT2D eigenvalue weighted by Crippen LogP contribution is 2.29. The Labute approximate surface area is 102 Å². The first kappa shape index (κ1) is 12.1. The molecule has 0 N–H and O–H groups in total. The van der Waals surface area contributed by atoms with E-state index in [-0.39, 0.29) is 12.0 Å². The van der Waals surface area contributed by atoms with Crippen molar-refractivity contribution in [1.82, 2.24) is 4.90 Å². The number of hydrogen-bond acceptors (Lipinski definition) is 2. The first-order valence-corrected chi connectivity index (χ1v) is 6.09. The van der Waals surface area contributed by atoms with E-state index in [4.69, 9.17) is 4.74 Å². The average Bonchev–Trinajstić information content (AvgIpc) is 3.19. The Kier molecular flexibility index (Phi) is 3.79. The van der Waals surface area contributed by atoms with E-state index < -0.39 is 0 Å². The van der Waals surface area contributed by atoms with Gasteiger partial charge in [0.2, 0.25) is 0 Å². The van der Waals surface area contributed by atoms with E-state index in [0.717, 1.165) is 12.8 Å². The minimum Gasteiger partial charge on any atom is -0.372 e. The van der Waals surface area contributed by atoms with Crippen LogP contribution in [0.25, 0.3) is 0 Å². The molecule has 1 atom stereocenters. The minimum absolute atomic E-state index is 0.0962. The molecule has 17 heavy (non-hydrogen) atoms. The fraction of sp³-hybridized carbons (Fsp3) is 0.500. The van der Waals surface area contributed by atoms with Crippen molar-refractivity contribution in [3.8, 4) is 0 Å². The summed E-state index contributed by atoms with van der Waals surface area (Å²) < 4.78 is 5.12. The van der Waals surface area contributed by atoms with Gasteiger partial charge in [0.15, 0.2) is 0 Å². The summed E-state index contributed by atoms with van der Waals surface area (Å²) in [6.07, 6.45) is 1.89. The summed E-state index contributed by atoms with van der Waals surface area (Å²) in [4.78, 5) is 14.1. The Balaban J connectivity index is 2.05. The van der Waals surface area contributed by atoms with E-state index in [1.807, 2.05) is 30.0 Å². The third kappa shape index (κ3) is 3.07. The molecule has 0 heterocycles. The van der Waals surface area contributed by atoms with Crippen LogP contribution in [0.1, 0.15) is 25.3 Å². The third-order valence-electron chi connectivity index (χ3n) is 3.17. The fourth-order valence-electron chi connectivity index (χ4n) is 1.89. The van der Waals surface area contributed by atoms with Crippen LogP contribution < -0.4 is 0 Å². The smallest absolute Gasteiger partial charge is 0.251 e. The monoisotopic (exact) mass is 233 g/mol. The second-order valence-corrected chi connectivity index (χ2v) is 4.56. The van der Waals surface area contributed by atoms with Crippen molar-refractivity contribution in [2.24, 2.45) is 0 Å². The van der Waals surface area contributed by atoms with Gasteiger partial charge in [0.1, 0.15) is 6.10 Å². The average molecular weight is 233 g/mol. The molecule has 0 spiro atoms. The van der Waals surface area contributed by atoms with Crippen LogP contribution >= 0.6 is 0 Å². The van der Waals surface area contributed by atoms with Crippen molar-refractivity contribution >= 4 is 5.91 Å². The van der Waals surface area contributed by atoms with E-state index in [2.05, 4.69) is 12.1 Å². The lowest BCUT2D eigenvalue weighted by atomic mass is 10.2. The molecule has 1 aromatic rings. The first-order valence-electron chi connectivity index (χ1n) is 6.09. The number of carbonyl (C=O) groups is 1. The molecule has 0 aliphatic heterocycles. The molecular formula is C14H19NO2. The Morgan fingerprint density at radius 1 is 1.41 bits per heavy atom. The molecule has 2 rings (SSSR count). The van der Waals surface area contributed by atoms with Crippen LogP contribution in [-0.4, -0.2) is 30.1 Å². The molecule has 0 aromatic heterocycles. The predicted octanol–water partition coefficient (Wildman–Crippen LogP) is 2.21. The molecule has 3 heteroatoms. The molecule has 1 amide bonds. The largest absolute Gasteiger partial charge is 0.372 e. The number of amides is 1. The standard InChI is InChI=1S/C14H19NO2/c1-11(17-2)14(16)15(13-8-9-13)10-12-6-4-3-5-7-12/h3-7,11,13H,8-10H2,1-2H3. The van der Waals surface area contributed by atoms with Gasteiger partial charge >= 0.3 is 0 Å². The van der Waals surface area contributed by atoms with Gasteiger partial charge < -0.3 is 9.64 Å². The maximum atomic E-state index is 12.2. The molecule has 0 saturated heterocycles. The molecular weight excluding hydrogens is 214 g/mol. The maximum Gasteiger partial charge on any atom is 0.251 e. The van der Waals surface area contributed by atoms with Crippen molar-refractivity contribution in [1.29, 1.82) is 0 Å². The highest BCUT2D eigenvalue weighted by Gasteiger charge is 2.34. The lowest BCUT2D eigenvalue weighted by Gasteiger charge is -2.25. The van der Waals surface area contributed by atoms with E-state index in [1.54, 1.807) is 7.11 Å². The molecule has 92 valence electrons. The lowest BCUT2D eigenvalue weighted by molar-refractivity contribution is -0.142. The number of methoxy groups -OCH3 is 1. The topological polar surface area (TPSA) is 29.5 Å². The number of nitrogens with zero attached hydrogens (tertiary/aromatic N) is 1.